The molecule has 1 aromatic rings. The van der Waals surface area contributed by atoms with E-state index in [4.69, 9.17) is 18.0 Å². The highest BCUT2D eigenvalue weighted by atomic mass is 32.2. The van der Waals surface area contributed by atoms with Crippen molar-refractivity contribution in [2.45, 2.75) is 32.9 Å². The minimum atomic E-state index is -3.38. The summed E-state index contributed by atoms with van der Waals surface area (Å²) in [4.78, 5) is 0.213. The number of nitrogens with one attached hydrogen (secondary N) is 1. The van der Waals surface area contributed by atoms with Gasteiger partial charge in [-0.15, -0.1) is 0 Å². The molecular weight excluding hydrogens is 292 g/mol. The van der Waals surface area contributed by atoms with Crippen molar-refractivity contribution in [3.8, 4) is 0 Å². The lowest BCUT2D eigenvalue weighted by Gasteiger charge is -2.18. The molecule has 0 saturated carbocycles. The molecule has 0 aliphatic rings. The molecule has 0 amide bonds. The Balaban J connectivity index is 2.74. The fourth-order valence-corrected chi connectivity index (χ4v) is 3.10. The van der Waals surface area contributed by atoms with Gasteiger partial charge in [0.05, 0.1) is 5.75 Å². The molecule has 6 heteroatoms. The third-order valence-corrected chi connectivity index (χ3v) is 4.38. The van der Waals surface area contributed by atoms with Crippen LogP contribution in [0.3, 0.4) is 0 Å². The van der Waals surface area contributed by atoms with Crippen molar-refractivity contribution < 1.29 is 8.42 Å². The first-order chi connectivity index (χ1) is 9.11. The van der Waals surface area contributed by atoms with Crippen molar-refractivity contribution in [3.05, 3.63) is 35.4 Å². The molecule has 0 radical (unpaired) electrons. The third kappa shape index (κ3) is 5.98. The van der Waals surface area contributed by atoms with Gasteiger partial charge in [0.15, 0.2) is 0 Å². The second-order valence-corrected chi connectivity index (χ2v) is 8.23. The van der Waals surface area contributed by atoms with Gasteiger partial charge in [-0.2, -0.15) is 0 Å². The molecule has 1 aromatic carbocycles. The van der Waals surface area contributed by atoms with Crippen LogP contribution in [0.25, 0.3) is 0 Å². The Bertz CT molecular complexity index is 575. The first-order valence-electron chi connectivity index (χ1n) is 6.46. The number of sulfonamides is 1. The van der Waals surface area contributed by atoms with Crippen LogP contribution in [0.2, 0.25) is 0 Å². The van der Waals surface area contributed by atoms with Crippen LogP contribution in [0.4, 0.5) is 0 Å². The van der Waals surface area contributed by atoms with E-state index < -0.39 is 10.0 Å². The van der Waals surface area contributed by atoms with Gasteiger partial charge in [0.2, 0.25) is 10.0 Å². The van der Waals surface area contributed by atoms with Crippen LogP contribution >= 0.6 is 12.2 Å². The van der Waals surface area contributed by atoms with E-state index in [1.54, 1.807) is 24.3 Å². The van der Waals surface area contributed by atoms with E-state index in [1.807, 2.05) is 0 Å². The highest BCUT2D eigenvalue weighted by molar-refractivity contribution is 7.88. The van der Waals surface area contributed by atoms with Crippen molar-refractivity contribution in [2.24, 2.45) is 11.1 Å². The SMILES string of the molecule is CC(C)(C)CCNS(=O)(=O)Cc1ccccc1C(N)=S. The lowest BCUT2D eigenvalue weighted by atomic mass is 9.93. The van der Waals surface area contributed by atoms with E-state index in [0.717, 1.165) is 6.42 Å². The van der Waals surface area contributed by atoms with Crippen LogP contribution < -0.4 is 10.5 Å². The van der Waals surface area contributed by atoms with Crippen molar-refractivity contribution in [1.29, 1.82) is 0 Å². The Kier molecular flexibility index (Phi) is 5.68. The number of nitrogens with two attached hydrogens (primary N) is 1. The first kappa shape index (κ1) is 17.1. The molecule has 0 aliphatic carbocycles. The summed E-state index contributed by atoms with van der Waals surface area (Å²) in [5.41, 5.74) is 6.95. The van der Waals surface area contributed by atoms with Gasteiger partial charge in [0, 0.05) is 12.1 Å². The Labute approximate surface area is 126 Å². The molecule has 0 fully saturated rings. The predicted molar refractivity (Wildman–Crippen MR) is 87.0 cm³/mol. The molecule has 0 unspecified atom stereocenters. The van der Waals surface area contributed by atoms with E-state index in [0.29, 0.717) is 17.7 Å². The molecular formula is C14H22N2O2S2. The molecule has 0 aliphatic heterocycles. The molecule has 0 saturated heterocycles. The summed E-state index contributed by atoms with van der Waals surface area (Å²) in [6, 6.07) is 7.04. The zero-order valence-electron chi connectivity index (χ0n) is 12.1. The maximum atomic E-state index is 12.1. The third-order valence-electron chi connectivity index (χ3n) is 2.83. The predicted octanol–water partition coefficient (Wildman–Crippen LogP) is 2.18. The monoisotopic (exact) mass is 314 g/mol. The largest absolute Gasteiger partial charge is 0.389 e. The number of thiocarbonyl (C=S) groups is 1. The van der Waals surface area contributed by atoms with Crippen LogP contribution in [0, 0.1) is 5.41 Å². The average Bonchev–Trinajstić information content (AvgIpc) is 2.26. The van der Waals surface area contributed by atoms with Gasteiger partial charge in [0.25, 0.3) is 0 Å². The topological polar surface area (TPSA) is 72.2 Å². The van der Waals surface area contributed by atoms with Gasteiger partial charge in [-0.1, -0.05) is 57.3 Å². The Hall–Kier alpha value is -0.980. The minimum absolute atomic E-state index is 0.0965. The summed E-state index contributed by atoms with van der Waals surface area (Å²) in [6.07, 6.45) is 0.781. The van der Waals surface area contributed by atoms with E-state index in [-0.39, 0.29) is 16.2 Å². The maximum absolute atomic E-state index is 12.1. The highest BCUT2D eigenvalue weighted by Gasteiger charge is 2.16. The number of benzene rings is 1. The molecule has 0 heterocycles. The average molecular weight is 314 g/mol. The molecule has 3 N–H and O–H groups in total. The Morgan fingerprint density at radius 1 is 1.30 bits per heavy atom. The van der Waals surface area contributed by atoms with Crippen LogP contribution in [0.1, 0.15) is 38.3 Å². The van der Waals surface area contributed by atoms with Crippen LogP contribution in [-0.4, -0.2) is 20.0 Å². The van der Waals surface area contributed by atoms with Crippen molar-refractivity contribution in [2.75, 3.05) is 6.54 Å². The van der Waals surface area contributed by atoms with E-state index in [2.05, 4.69) is 25.5 Å². The quantitative estimate of drug-likeness (QED) is 0.789. The van der Waals surface area contributed by atoms with Gasteiger partial charge >= 0.3 is 0 Å². The molecule has 4 nitrogen and oxygen atoms in total. The smallest absolute Gasteiger partial charge is 0.215 e. The normalized spacial score (nSPS) is 12.3. The minimum Gasteiger partial charge on any atom is -0.389 e. The van der Waals surface area contributed by atoms with Crippen molar-refractivity contribution >= 4 is 27.2 Å². The maximum Gasteiger partial charge on any atom is 0.215 e. The fourth-order valence-electron chi connectivity index (χ4n) is 1.72. The van der Waals surface area contributed by atoms with Crippen LogP contribution in [0.15, 0.2) is 24.3 Å². The summed E-state index contributed by atoms with van der Waals surface area (Å²) in [5, 5.41) is 0. The van der Waals surface area contributed by atoms with Gasteiger partial charge in [-0.3, -0.25) is 0 Å². The van der Waals surface area contributed by atoms with Crippen LogP contribution in [0.5, 0.6) is 0 Å². The van der Waals surface area contributed by atoms with Gasteiger partial charge < -0.3 is 5.73 Å². The number of hydrogen-bond acceptors (Lipinski definition) is 3. The summed E-state index contributed by atoms with van der Waals surface area (Å²) in [7, 11) is -3.38. The summed E-state index contributed by atoms with van der Waals surface area (Å²) in [6.45, 7) is 6.65. The molecule has 0 bridgehead atoms. The number of rotatable bonds is 6. The molecule has 0 aromatic heterocycles. The van der Waals surface area contributed by atoms with E-state index in [9.17, 15) is 8.42 Å². The highest BCUT2D eigenvalue weighted by Crippen LogP contribution is 2.17. The second-order valence-electron chi connectivity index (χ2n) is 5.99. The molecule has 1 rings (SSSR count). The van der Waals surface area contributed by atoms with Crippen LogP contribution in [-0.2, 0) is 15.8 Å². The van der Waals surface area contributed by atoms with Crippen molar-refractivity contribution in [3.63, 3.8) is 0 Å². The standard InChI is InChI=1S/C14H22N2O2S2/c1-14(2,3)8-9-16-20(17,18)10-11-6-4-5-7-12(11)13(15)19/h4-7,16H,8-10H2,1-3H3,(H2,15,19). The lowest BCUT2D eigenvalue weighted by Crippen LogP contribution is -2.29. The van der Waals surface area contributed by atoms with Crippen molar-refractivity contribution in [1.82, 2.24) is 4.72 Å². The second kappa shape index (κ2) is 6.65. The lowest BCUT2D eigenvalue weighted by molar-refractivity contribution is 0.378. The molecule has 0 atom stereocenters. The number of hydrogen-bond donors (Lipinski definition) is 2. The van der Waals surface area contributed by atoms with E-state index in [1.165, 1.54) is 0 Å². The zero-order valence-corrected chi connectivity index (χ0v) is 13.8. The Morgan fingerprint density at radius 2 is 1.90 bits per heavy atom. The first-order valence-corrected chi connectivity index (χ1v) is 8.52. The zero-order chi connectivity index (χ0) is 15.4. The molecule has 112 valence electrons. The van der Waals surface area contributed by atoms with Gasteiger partial charge in [-0.25, -0.2) is 13.1 Å². The Morgan fingerprint density at radius 3 is 2.45 bits per heavy atom. The summed E-state index contributed by atoms with van der Waals surface area (Å²) >= 11 is 4.94. The van der Waals surface area contributed by atoms with Gasteiger partial charge in [-0.05, 0) is 17.4 Å². The summed E-state index contributed by atoms with van der Waals surface area (Å²) in [5.74, 6) is -0.106. The van der Waals surface area contributed by atoms with Gasteiger partial charge in [0.1, 0.15) is 4.99 Å². The van der Waals surface area contributed by atoms with E-state index >= 15 is 0 Å². The fraction of sp³-hybridized carbons (Fsp3) is 0.500. The molecule has 20 heavy (non-hydrogen) atoms. The summed E-state index contributed by atoms with van der Waals surface area (Å²) < 4.78 is 26.7. The molecule has 0 spiro atoms.